The van der Waals surface area contributed by atoms with Crippen LogP contribution >= 0.6 is 0 Å². The van der Waals surface area contributed by atoms with Crippen LogP contribution in [0.25, 0.3) is 0 Å². The lowest BCUT2D eigenvalue weighted by molar-refractivity contribution is -0.147. The zero-order chi connectivity index (χ0) is 17.9. The summed E-state index contributed by atoms with van der Waals surface area (Å²) in [6.45, 7) is 8.84. The number of aliphatic imine (C=N–C) groups is 1. The number of hydrogen-bond donors (Lipinski definition) is 2. The molecule has 0 aliphatic heterocycles. The van der Waals surface area contributed by atoms with Crippen LogP contribution in [-0.4, -0.2) is 52.4 Å². The van der Waals surface area contributed by atoms with Gasteiger partial charge in [0.2, 0.25) is 0 Å². The van der Waals surface area contributed by atoms with Gasteiger partial charge in [-0.3, -0.25) is 14.0 Å². The number of guanidine groups is 1. The number of esters is 1. The monoisotopic (exact) mass is 359 g/mol. The van der Waals surface area contributed by atoms with E-state index in [4.69, 9.17) is 4.74 Å². The number of nitrogens with one attached hydrogen (secondary N) is 2. The minimum absolute atomic E-state index is 0.0913. The third-order valence-electron chi connectivity index (χ3n) is 3.92. The molecule has 24 heavy (non-hydrogen) atoms. The Morgan fingerprint density at radius 3 is 2.71 bits per heavy atom. The van der Waals surface area contributed by atoms with Crippen molar-refractivity contribution in [3.05, 3.63) is 0 Å². The van der Waals surface area contributed by atoms with Crippen molar-refractivity contribution in [1.82, 2.24) is 10.6 Å². The minimum Gasteiger partial charge on any atom is -0.463 e. The summed E-state index contributed by atoms with van der Waals surface area (Å²) in [6, 6.07) is 0.291. The van der Waals surface area contributed by atoms with Crippen LogP contribution in [0.1, 0.15) is 59.8 Å². The van der Waals surface area contributed by atoms with Crippen LogP contribution < -0.4 is 10.6 Å². The van der Waals surface area contributed by atoms with E-state index in [9.17, 15) is 9.00 Å². The Bertz CT molecular complexity index is 441. The summed E-state index contributed by atoms with van der Waals surface area (Å²) in [6.07, 6.45) is 4.31. The topological polar surface area (TPSA) is 79.8 Å². The molecule has 0 saturated heterocycles. The van der Waals surface area contributed by atoms with Crippen LogP contribution in [0.15, 0.2) is 4.99 Å². The van der Waals surface area contributed by atoms with Gasteiger partial charge in [-0.15, -0.1) is 0 Å². The fourth-order valence-corrected chi connectivity index (χ4v) is 4.19. The number of hydrogen-bond acceptors (Lipinski definition) is 4. The van der Waals surface area contributed by atoms with Crippen LogP contribution in [0, 0.1) is 0 Å². The van der Waals surface area contributed by atoms with E-state index in [1.807, 2.05) is 27.7 Å². The maximum atomic E-state index is 12.0. The zero-order valence-corrected chi connectivity index (χ0v) is 16.3. The second kappa shape index (κ2) is 11.4. The smallest absolute Gasteiger partial charge is 0.307 e. The molecule has 140 valence electrons. The molecule has 0 aromatic rings. The van der Waals surface area contributed by atoms with Gasteiger partial charge < -0.3 is 15.4 Å². The van der Waals surface area contributed by atoms with Gasteiger partial charge in [0, 0.05) is 34.4 Å². The van der Waals surface area contributed by atoms with Gasteiger partial charge in [-0.05, 0) is 40.0 Å². The van der Waals surface area contributed by atoms with E-state index < -0.39 is 10.8 Å². The first kappa shape index (κ1) is 20.9. The predicted octanol–water partition coefficient (Wildman–Crippen LogP) is 1.96. The van der Waals surface area contributed by atoms with E-state index in [1.54, 1.807) is 0 Å². The number of carbonyl (C=O) groups excluding carboxylic acids is 1. The molecule has 1 rings (SSSR count). The van der Waals surface area contributed by atoms with Crippen molar-refractivity contribution < 1.29 is 13.7 Å². The molecule has 0 aromatic carbocycles. The van der Waals surface area contributed by atoms with E-state index in [2.05, 4.69) is 15.6 Å². The fourth-order valence-electron chi connectivity index (χ4n) is 2.84. The van der Waals surface area contributed by atoms with Gasteiger partial charge >= 0.3 is 5.97 Å². The van der Waals surface area contributed by atoms with Crippen molar-refractivity contribution in [3.8, 4) is 0 Å². The van der Waals surface area contributed by atoms with E-state index in [0.29, 0.717) is 12.6 Å². The molecule has 0 amide bonds. The van der Waals surface area contributed by atoms with Gasteiger partial charge in [-0.1, -0.05) is 13.3 Å². The largest absolute Gasteiger partial charge is 0.463 e. The van der Waals surface area contributed by atoms with Crippen molar-refractivity contribution in [2.45, 2.75) is 77.2 Å². The molecule has 1 aliphatic rings. The highest BCUT2D eigenvalue weighted by atomic mass is 32.2. The highest BCUT2D eigenvalue weighted by Crippen LogP contribution is 2.22. The molecule has 0 spiro atoms. The Hall–Kier alpha value is -1.11. The number of nitrogens with zero attached hydrogens (tertiary/aromatic N) is 1. The molecule has 0 aromatic heterocycles. The van der Waals surface area contributed by atoms with Crippen LogP contribution in [0.5, 0.6) is 0 Å². The zero-order valence-electron chi connectivity index (χ0n) is 15.5. The van der Waals surface area contributed by atoms with E-state index in [0.717, 1.165) is 43.9 Å². The maximum Gasteiger partial charge on any atom is 0.307 e. The second-order valence-corrected chi connectivity index (χ2v) is 8.35. The Morgan fingerprint density at radius 1 is 1.33 bits per heavy atom. The summed E-state index contributed by atoms with van der Waals surface area (Å²) in [4.78, 5) is 16.0. The summed E-state index contributed by atoms with van der Waals surface area (Å²) in [7, 11) is -0.732. The van der Waals surface area contributed by atoms with Gasteiger partial charge in [0.05, 0.1) is 19.1 Å². The lowest BCUT2D eigenvalue weighted by atomic mass is 9.95. The van der Waals surface area contributed by atoms with Gasteiger partial charge in [-0.2, -0.15) is 0 Å². The van der Waals surface area contributed by atoms with Crippen molar-refractivity contribution in [3.63, 3.8) is 0 Å². The standard InChI is InChI=1S/C17H33N3O3S/c1-5-18-17(19-11-10-16(21)23-13(3)4)20-14-8-7-9-15(12-14)24(22)6-2/h13-15H,5-12H2,1-4H3,(H2,18,19,20). The average Bonchev–Trinajstić information content (AvgIpc) is 2.53. The highest BCUT2D eigenvalue weighted by Gasteiger charge is 2.26. The number of carbonyl (C=O) groups is 1. The third kappa shape index (κ3) is 8.13. The van der Waals surface area contributed by atoms with Crippen LogP contribution in [0.3, 0.4) is 0 Å². The molecule has 0 radical (unpaired) electrons. The summed E-state index contributed by atoms with van der Waals surface area (Å²) in [5.74, 6) is 1.23. The van der Waals surface area contributed by atoms with Crippen LogP contribution in [0.4, 0.5) is 0 Å². The first-order chi connectivity index (χ1) is 11.5. The summed E-state index contributed by atoms with van der Waals surface area (Å²) in [5.41, 5.74) is 0. The van der Waals surface area contributed by atoms with Crippen molar-refractivity contribution in [2.24, 2.45) is 4.99 Å². The Kier molecular flexibility index (Phi) is 9.98. The van der Waals surface area contributed by atoms with Gasteiger partial charge in [-0.25, -0.2) is 0 Å². The molecule has 1 aliphatic carbocycles. The lowest BCUT2D eigenvalue weighted by Gasteiger charge is -2.30. The Labute approximate surface area is 148 Å². The quantitative estimate of drug-likeness (QED) is 0.393. The van der Waals surface area contributed by atoms with Gasteiger partial charge in [0.1, 0.15) is 0 Å². The van der Waals surface area contributed by atoms with Crippen molar-refractivity contribution >= 4 is 22.7 Å². The van der Waals surface area contributed by atoms with Crippen molar-refractivity contribution in [2.75, 3.05) is 18.8 Å². The molecule has 1 fully saturated rings. The average molecular weight is 360 g/mol. The van der Waals surface area contributed by atoms with Crippen LogP contribution in [-0.2, 0) is 20.3 Å². The lowest BCUT2D eigenvalue weighted by Crippen LogP contribution is -2.46. The molecule has 1 saturated carbocycles. The summed E-state index contributed by atoms with van der Waals surface area (Å²) in [5, 5.41) is 6.93. The van der Waals surface area contributed by atoms with E-state index in [1.165, 1.54) is 0 Å². The molecule has 2 N–H and O–H groups in total. The Balaban J connectivity index is 2.50. The second-order valence-electron chi connectivity index (χ2n) is 6.35. The molecule has 0 bridgehead atoms. The SMILES string of the molecule is CCNC(=NCCC(=O)OC(C)C)NC1CCCC(S(=O)CC)C1. The van der Waals surface area contributed by atoms with E-state index >= 15 is 0 Å². The molecule has 7 heteroatoms. The minimum atomic E-state index is -0.732. The summed E-state index contributed by atoms with van der Waals surface area (Å²) < 4.78 is 17.2. The van der Waals surface area contributed by atoms with Gasteiger partial charge in [0.25, 0.3) is 0 Å². The van der Waals surface area contributed by atoms with Crippen molar-refractivity contribution in [1.29, 1.82) is 0 Å². The number of ether oxygens (including phenoxy) is 1. The molecular weight excluding hydrogens is 326 g/mol. The van der Waals surface area contributed by atoms with Crippen LogP contribution in [0.2, 0.25) is 0 Å². The van der Waals surface area contributed by atoms with E-state index in [-0.39, 0.29) is 23.7 Å². The molecular formula is C17H33N3O3S. The highest BCUT2D eigenvalue weighted by molar-refractivity contribution is 7.85. The molecule has 3 unspecified atom stereocenters. The molecule has 3 atom stereocenters. The third-order valence-corrected chi connectivity index (χ3v) is 5.66. The normalized spacial score (nSPS) is 23.0. The summed E-state index contributed by atoms with van der Waals surface area (Å²) >= 11 is 0. The molecule has 6 nitrogen and oxygen atoms in total. The first-order valence-corrected chi connectivity index (χ1v) is 10.5. The predicted molar refractivity (Wildman–Crippen MR) is 99.7 cm³/mol. The fraction of sp³-hybridized carbons (Fsp3) is 0.882. The maximum absolute atomic E-state index is 12.0. The molecule has 0 heterocycles. The first-order valence-electron chi connectivity index (χ1n) is 9.07. The van der Waals surface area contributed by atoms with Gasteiger partial charge in [0.15, 0.2) is 5.96 Å². The Morgan fingerprint density at radius 2 is 2.08 bits per heavy atom. The number of rotatable bonds is 8.